The summed E-state index contributed by atoms with van der Waals surface area (Å²) in [4.78, 5) is 36.0. The Bertz CT molecular complexity index is 713. The number of thiophene rings is 1. The van der Waals surface area contributed by atoms with E-state index in [0.29, 0.717) is 17.1 Å². The van der Waals surface area contributed by atoms with Crippen molar-refractivity contribution in [2.24, 2.45) is 0 Å². The van der Waals surface area contributed by atoms with Crippen LogP contribution in [0.25, 0.3) is 0 Å². The molecule has 1 aromatic carbocycles. The van der Waals surface area contributed by atoms with E-state index in [2.05, 4.69) is 10.6 Å². The number of carbonyl (C=O) groups excluding carboxylic acids is 3. The number of hydrogen-bond acceptors (Lipinski definition) is 5. The van der Waals surface area contributed by atoms with Crippen molar-refractivity contribution in [1.82, 2.24) is 5.32 Å². The van der Waals surface area contributed by atoms with Crippen LogP contribution in [-0.2, 0) is 9.53 Å². The van der Waals surface area contributed by atoms with Gasteiger partial charge < -0.3 is 15.4 Å². The molecule has 2 aromatic rings. The largest absolute Gasteiger partial charge is 0.452 e. The molecular weight excluding hydrogens is 328 g/mol. The molecule has 0 unspecified atom stereocenters. The third-order valence-electron chi connectivity index (χ3n) is 3.01. The van der Waals surface area contributed by atoms with Gasteiger partial charge in [-0.1, -0.05) is 19.1 Å². The van der Waals surface area contributed by atoms with Gasteiger partial charge in [-0.15, -0.1) is 11.3 Å². The lowest BCUT2D eigenvalue weighted by atomic mass is 10.2. The number of anilines is 1. The predicted octanol–water partition coefficient (Wildman–Crippen LogP) is 2.68. The number of benzene rings is 1. The van der Waals surface area contributed by atoms with E-state index < -0.39 is 5.97 Å². The van der Waals surface area contributed by atoms with Gasteiger partial charge in [-0.25, -0.2) is 4.79 Å². The summed E-state index contributed by atoms with van der Waals surface area (Å²) in [6.45, 7) is 2.15. The summed E-state index contributed by atoms with van der Waals surface area (Å²) >= 11 is 1.33. The summed E-state index contributed by atoms with van der Waals surface area (Å²) in [6, 6.07) is 9.89. The Kier molecular flexibility index (Phi) is 6.51. The lowest BCUT2D eigenvalue weighted by Gasteiger charge is -2.08. The molecule has 0 bridgehead atoms. The van der Waals surface area contributed by atoms with E-state index in [1.54, 1.807) is 30.3 Å². The summed E-state index contributed by atoms with van der Waals surface area (Å²) in [5.41, 5.74) is 0.751. The molecule has 7 heteroatoms. The van der Waals surface area contributed by atoms with E-state index in [1.165, 1.54) is 17.4 Å². The number of esters is 1. The van der Waals surface area contributed by atoms with Crippen LogP contribution in [0.5, 0.6) is 0 Å². The van der Waals surface area contributed by atoms with Crippen molar-refractivity contribution < 1.29 is 19.1 Å². The van der Waals surface area contributed by atoms with E-state index in [4.69, 9.17) is 4.74 Å². The standard InChI is InChI=1S/C17H18N2O4S/c1-2-8-18-15(20)11-23-17(22)12-5-3-6-13(10-12)19-16(21)14-7-4-9-24-14/h3-7,9-10H,2,8,11H2,1H3,(H,18,20)(H,19,21). The molecule has 2 amide bonds. The molecule has 0 aliphatic rings. The monoisotopic (exact) mass is 346 g/mol. The van der Waals surface area contributed by atoms with E-state index >= 15 is 0 Å². The van der Waals surface area contributed by atoms with Gasteiger partial charge in [0.2, 0.25) is 0 Å². The summed E-state index contributed by atoms with van der Waals surface area (Å²) in [6.07, 6.45) is 0.811. The fourth-order valence-electron chi connectivity index (χ4n) is 1.85. The quantitative estimate of drug-likeness (QED) is 0.755. The van der Waals surface area contributed by atoms with Crippen molar-refractivity contribution in [2.45, 2.75) is 13.3 Å². The van der Waals surface area contributed by atoms with Crippen molar-refractivity contribution in [3.05, 3.63) is 52.2 Å². The minimum absolute atomic E-state index is 0.241. The zero-order chi connectivity index (χ0) is 17.4. The Morgan fingerprint density at radius 2 is 2.00 bits per heavy atom. The zero-order valence-electron chi connectivity index (χ0n) is 13.2. The van der Waals surface area contributed by atoms with Crippen molar-refractivity contribution in [3.63, 3.8) is 0 Å². The second-order valence-electron chi connectivity index (χ2n) is 4.94. The van der Waals surface area contributed by atoms with Crippen molar-refractivity contribution >= 4 is 34.8 Å². The molecule has 2 N–H and O–H groups in total. The van der Waals surface area contributed by atoms with E-state index in [9.17, 15) is 14.4 Å². The highest BCUT2D eigenvalue weighted by molar-refractivity contribution is 7.12. The number of amides is 2. The second kappa shape index (κ2) is 8.83. The number of ether oxygens (including phenoxy) is 1. The molecule has 1 aromatic heterocycles. The van der Waals surface area contributed by atoms with Gasteiger partial charge >= 0.3 is 5.97 Å². The molecule has 0 fully saturated rings. The normalized spacial score (nSPS) is 10.0. The average Bonchev–Trinajstić information content (AvgIpc) is 3.12. The number of nitrogens with one attached hydrogen (secondary N) is 2. The van der Waals surface area contributed by atoms with E-state index in [0.717, 1.165) is 6.42 Å². The molecule has 0 radical (unpaired) electrons. The van der Waals surface area contributed by atoms with Crippen LogP contribution in [0.15, 0.2) is 41.8 Å². The van der Waals surface area contributed by atoms with Crippen molar-refractivity contribution in [1.29, 1.82) is 0 Å². The molecule has 6 nitrogen and oxygen atoms in total. The summed E-state index contributed by atoms with van der Waals surface area (Å²) in [5, 5.41) is 7.15. The van der Waals surface area contributed by atoms with Crippen molar-refractivity contribution in [2.75, 3.05) is 18.5 Å². The molecule has 0 aliphatic heterocycles. The van der Waals surface area contributed by atoms with Gasteiger partial charge in [0.05, 0.1) is 10.4 Å². The Balaban J connectivity index is 1.93. The maximum atomic E-state index is 12.0. The van der Waals surface area contributed by atoms with Crippen LogP contribution >= 0.6 is 11.3 Å². The van der Waals surface area contributed by atoms with Gasteiger partial charge in [0.1, 0.15) is 0 Å². The summed E-state index contributed by atoms with van der Waals surface area (Å²) < 4.78 is 4.96. The fraction of sp³-hybridized carbons (Fsp3) is 0.235. The molecular formula is C17H18N2O4S. The first-order valence-corrected chi connectivity index (χ1v) is 8.37. The fourth-order valence-corrected chi connectivity index (χ4v) is 2.47. The van der Waals surface area contributed by atoms with Gasteiger partial charge in [0.15, 0.2) is 6.61 Å². The highest BCUT2D eigenvalue weighted by Crippen LogP contribution is 2.15. The molecule has 0 saturated heterocycles. The highest BCUT2D eigenvalue weighted by Gasteiger charge is 2.12. The molecule has 0 spiro atoms. The first-order valence-electron chi connectivity index (χ1n) is 7.49. The van der Waals surface area contributed by atoms with Gasteiger partial charge in [-0.05, 0) is 36.1 Å². The molecule has 1 heterocycles. The molecule has 2 rings (SSSR count). The van der Waals surface area contributed by atoms with Gasteiger partial charge in [0.25, 0.3) is 11.8 Å². The maximum Gasteiger partial charge on any atom is 0.338 e. The zero-order valence-corrected chi connectivity index (χ0v) is 14.0. The van der Waals surface area contributed by atoms with Gasteiger partial charge in [0, 0.05) is 12.2 Å². The molecule has 0 aliphatic carbocycles. The Morgan fingerprint density at radius 1 is 1.17 bits per heavy atom. The van der Waals surface area contributed by atoms with E-state index in [1.807, 2.05) is 12.3 Å². The second-order valence-corrected chi connectivity index (χ2v) is 5.89. The lowest BCUT2D eigenvalue weighted by Crippen LogP contribution is -2.29. The number of carbonyl (C=O) groups is 3. The minimum atomic E-state index is -0.617. The minimum Gasteiger partial charge on any atom is -0.452 e. The SMILES string of the molecule is CCCNC(=O)COC(=O)c1cccc(NC(=O)c2cccs2)c1. The third-order valence-corrected chi connectivity index (χ3v) is 3.88. The van der Waals surface area contributed by atoms with Gasteiger partial charge in [-0.3, -0.25) is 9.59 Å². The van der Waals surface area contributed by atoms with E-state index in [-0.39, 0.29) is 24.0 Å². The van der Waals surface area contributed by atoms with Crippen LogP contribution in [0.1, 0.15) is 33.4 Å². The smallest absolute Gasteiger partial charge is 0.338 e. The van der Waals surface area contributed by atoms with Crippen LogP contribution in [0.3, 0.4) is 0 Å². The van der Waals surface area contributed by atoms with Crippen LogP contribution in [0.2, 0.25) is 0 Å². The average molecular weight is 346 g/mol. The topological polar surface area (TPSA) is 84.5 Å². The maximum absolute atomic E-state index is 12.0. The Hall–Kier alpha value is -2.67. The highest BCUT2D eigenvalue weighted by atomic mass is 32.1. The van der Waals surface area contributed by atoms with Crippen molar-refractivity contribution in [3.8, 4) is 0 Å². The summed E-state index contributed by atoms with van der Waals surface area (Å²) in [7, 11) is 0. The molecule has 126 valence electrons. The predicted molar refractivity (Wildman–Crippen MR) is 92.3 cm³/mol. The van der Waals surface area contributed by atoms with Crippen LogP contribution in [0, 0.1) is 0 Å². The first kappa shape index (κ1) is 17.7. The lowest BCUT2D eigenvalue weighted by molar-refractivity contribution is -0.124. The summed E-state index contributed by atoms with van der Waals surface area (Å²) in [5.74, 6) is -1.20. The molecule has 24 heavy (non-hydrogen) atoms. The third kappa shape index (κ3) is 5.20. The molecule has 0 atom stereocenters. The van der Waals surface area contributed by atoms with Gasteiger partial charge in [-0.2, -0.15) is 0 Å². The van der Waals surface area contributed by atoms with Crippen LogP contribution < -0.4 is 10.6 Å². The molecule has 0 saturated carbocycles. The first-order chi connectivity index (χ1) is 11.6. The number of rotatable bonds is 7. The Labute approximate surface area is 143 Å². The number of hydrogen-bond donors (Lipinski definition) is 2. The Morgan fingerprint density at radius 3 is 2.71 bits per heavy atom. The van der Waals surface area contributed by atoms with Crippen LogP contribution in [0.4, 0.5) is 5.69 Å². The van der Waals surface area contributed by atoms with Crippen LogP contribution in [-0.4, -0.2) is 30.9 Å².